The van der Waals surface area contributed by atoms with Crippen molar-refractivity contribution < 1.29 is 9.90 Å². The van der Waals surface area contributed by atoms with E-state index >= 15 is 0 Å². The highest BCUT2D eigenvalue weighted by molar-refractivity contribution is 5.66. The molecule has 0 aliphatic heterocycles. The number of unbranched alkanes of at least 4 members (excludes halogenated alkanes) is 2. The quantitative estimate of drug-likeness (QED) is 0.251. The Balaban J connectivity index is 3.61. The fraction of sp³-hybridized carbons (Fsp3) is 0.696. The van der Waals surface area contributed by atoms with Crippen LogP contribution in [0.25, 0.3) is 0 Å². The van der Waals surface area contributed by atoms with E-state index in [0.29, 0.717) is 11.8 Å². The molecular weight excluding hydrogens is 308 g/mol. The Kier molecular flexibility index (Phi) is 15.3. The monoisotopic (exact) mass is 348 g/mol. The summed E-state index contributed by atoms with van der Waals surface area (Å²) in [7, 11) is 0. The fourth-order valence-corrected chi connectivity index (χ4v) is 2.71. The Morgan fingerprint density at radius 3 is 2.20 bits per heavy atom. The molecule has 2 heteroatoms. The second-order valence-electron chi connectivity index (χ2n) is 7.68. The molecule has 0 fully saturated rings. The lowest BCUT2D eigenvalue weighted by Crippen LogP contribution is -1.96. The molecule has 1 N–H and O–H groups in total. The van der Waals surface area contributed by atoms with Crippen LogP contribution in [0.1, 0.15) is 85.5 Å². The Hall–Kier alpha value is -1.31. The molecular formula is C23H40O2. The summed E-state index contributed by atoms with van der Waals surface area (Å²) in [4.78, 5) is 10.4. The van der Waals surface area contributed by atoms with Crippen molar-refractivity contribution in [2.75, 3.05) is 0 Å². The molecule has 0 rings (SSSR count). The van der Waals surface area contributed by atoms with Crippen LogP contribution in [0.3, 0.4) is 0 Å². The van der Waals surface area contributed by atoms with Crippen molar-refractivity contribution in [2.45, 2.75) is 85.5 Å². The minimum Gasteiger partial charge on any atom is -0.481 e. The van der Waals surface area contributed by atoms with Crippen LogP contribution in [0.5, 0.6) is 0 Å². The smallest absolute Gasteiger partial charge is 0.303 e. The maximum atomic E-state index is 10.4. The van der Waals surface area contributed by atoms with Crippen molar-refractivity contribution in [3.05, 3.63) is 36.5 Å². The average molecular weight is 349 g/mol. The van der Waals surface area contributed by atoms with Crippen molar-refractivity contribution in [2.24, 2.45) is 17.8 Å². The van der Waals surface area contributed by atoms with Gasteiger partial charge in [0.1, 0.15) is 0 Å². The van der Waals surface area contributed by atoms with Crippen LogP contribution in [0.2, 0.25) is 0 Å². The number of carbonyl (C=O) groups is 1. The third-order valence-electron chi connectivity index (χ3n) is 4.31. The van der Waals surface area contributed by atoms with Crippen LogP contribution >= 0.6 is 0 Å². The van der Waals surface area contributed by atoms with Gasteiger partial charge in [-0.05, 0) is 56.3 Å². The molecule has 0 saturated heterocycles. The first-order valence-corrected chi connectivity index (χ1v) is 10.1. The van der Waals surface area contributed by atoms with Crippen molar-refractivity contribution in [1.29, 1.82) is 0 Å². The zero-order valence-corrected chi connectivity index (χ0v) is 16.9. The molecule has 0 amide bonds. The van der Waals surface area contributed by atoms with Crippen LogP contribution < -0.4 is 0 Å². The van der Waals surface area contributed by atoms with Gasteiger partial charge < -0.3 is 5.11 Å². The summed E-state index contributed by atoms with van der Waals surface area (Å²) < 4.78 is 0. The summed E-state index contributed by atoms with van der Waals surface area (Å²) in [6.45, 7) is 9.12. The van der Waals surface area contributed by atoms with E-state index in [9.17, 15) is 4.79 Å². The molecule has 0 heterocycles. The first kappa shape index (κ1) is 23.7. The number of hydrogen-bond acceptors (Lipinski definition) is 1. The first-order valence-electron chi connectivity index (χ1n) is 10.1. The summed E-state index contributed by atoms with van der Waals surface area (Å²) >= 11 is 0. The largest absolute Gasteiger partial charge is 0.481 e. The zero-order valence-electron chi connectivity index (χ0n) is 16.9. The molecule has 2 nitrogen and oxygen atoms in total. The van der Waals surface area contributed by atoms with Crippen molar-refractivity contribution in [3.8, 4) is 0 Å². The van der Waals surface area contributed by atoms with Crippen molar-refractivity contribution >= 4 is 5.97 Å². The number of carboxylic acids is 1. The van der Waals surface area contributed by atoms with E-state index < -0.39 is 5.97 Å². The maximum absolute atomic E-state index is 10.4. The van der Waals surface area contributed by atoms with Gasteiger partial charge in [0.2, 0.25) is 0 Å². The molecule has 144 valence electrons. The highest BCUT2D eigenvalue weighted by atomic mass is 16.4. The molecule has 25 heavy (non-hydrogen) atoms. The normalized spacial score (nSPS) is 14.9. The molecule has 2 atom stereocenters. The van der Waals surface area contributed by atoms with Crippen LogP contribution in [0, 0.1) is 17.8 Å². The van der Waals surface area contributed by atoms with Crippen molar-refractivity contribution in [3.63, 3.8) is 0 Å². The van der Waals surface area contributed by atoms with E-state index in [-0.39, 0.29) is 6.42 Å². The maximum Gasteiger partial charge on any atom is 0.303 e. The van der Waals surface area contributed by atoms with E-state index in [4.69, 9.17) is 5.11 Å². The summed E-state index contributed by atoms with van der Waals surface area (Å²) in [6.07, 6.45) is 22.7. The molecule has 0 saturated carbocycles. The summed E-state index contributed by atoms with van der Waals surface area (Å²) in [6, 6.07) is 0. The topological polar surface area (TPSA) is 37.3 Å². The first-order chi connectivity index (χ1) is 11.9. The lowest BCUT2D eigenvalue weighted by molar-refractivity contribution is -0.137. The lowest BCUT2D eigenvalue weighted by Gasteiger charge is -2.10. The zero-order chi connectivity index (χ0) is 18.9. The predicted molar refractivity (Wildman–Crippen MR) is 110 cm³/mol. The van der Waals surface area contributed by atoms with Gasteiger partial charge >= 0.3 is 5.97 Å². The summed E-state index contributed by atoms with van der Waals surface area (Å²) in [5, 5.41) is 8.55. The van der Waals surface area contributed by atoms with Gasteiger partial charge in [-0.25, -0.2) is 0 Å². The number of aliphatic carboxylic acids is 1. The van der Waals surface area contributed by atoms with Crippen LogP contribution in [0.4, 0.5) is 0 Å². The van der Waals surface area contributed by atoms with Gasteiger partial charge in [-0.15, -0.1) is 0 Å². The third kappa shape index (κ3) is 18.9. The fourth-order valence-electron chi connectivity index (χ4n) is 2.71. The number of allylic oxidation sites excluding steroid dienone is 6. The SMILES string of the molecule is CC(C)/C=C\CC(C)CCCC(C)/C=C\CC/C=C\CCCC(=O)O. The van der Waals surface area contributed by atoms with E-state index in [1.165, 1.54) is 25.7 Å². The number of rotatable bonds is 15. The van der Waals surface area contributed by atoms with E-state index in [0.717, 1.165) is 31.6 Å². The van der Waals surface area contributed by atoms with Gasteiger partial charge in [-0.1, -0.05) is 77.0 Å². The van der Waals surface area contributed by atoms with Crippen LogP contribution in [-0.2, 0) is 4.79 Å². The lowest BCUT2D eigenvalue weighted by atomic mass is 9.95. The molecule has 0 radical (unpaired) electrons. The van der Waals surface area contributed by atoms with E-state index in [1.807, 2.05) is 0 Å². The van der Waals surface area contributed by atoms with Crippen LogP contribution in [0.15, 0.2) is 36.5 Å². The second-order valence-corrected chi connectivity index (χ2v) is 7.68. The Labute approximate surface area is 156 Å². The Morgan fingerprint density at radius 2 is 1.52 bits per heavy atom. The predicted octanol–water partition coefficient (Wildman–Crippen LogP) is 7.18. The van der Waals surface area contributed by atoms with E-state index in [2.05, 4.69) is 64.2 Å². The molecule has 0 aliphatic carbocycles. The van der Waals surface area contributed by atoms with Crippen LogP contribution in [-0.4, -0.2) is 11.1 Å². The van der Waals surface area contributed by atoms with Gasteiger partial charge in [0, 0.05) is 6.42 Å². The summed E-state index contributed by atoms with van der Waals surface area (Å²) in [5.41, 5.74) is 0. The average Bonchev–Trinajstić information content (AvgIpc) is 2.52. The Bertz CT molecular complexity index is 404. The van der Waals surface area contributed by atoms with Gasteiger partial charge in [0.25, 0.3) is 0 Å². The molecule has 0 aromatic carbocycles. The molecule has 0 aromatic heterocycles. The molecule has 2 unspecified atom stereocenters. The molecule has 0 aliphatic rings. The van der Waals surface area contributed by atoms with Gasteiger partial charge in [0.05, 0.1) is 0 Å². The molecule has 0 aromatic rings. The van der Waals surface area contributed by atoms with Gasteiger partial charge in [-0.3, -0.25) is 4.79 Å². The number of hydrogen-bond donors (Lipinski definition) is 1. The Morgan fingerprint density at radius 1 is 0.840 bits per heavy atom. The third-order valence-corrected chi connectivity index (χ3v) is 4.31. The summed E-state index contributed by atoms with van der Waals surface area (Å²) in [5.74, 6) is 1.42. The molecule has 0 spiro atoms. The highest BCUT2D eigenvalue weighted by Gasteiger charge is 2.02. The van der Waals surface area contributed by atoms with E-state index in [1.54, 1.807) is 0 Å². The minimum absolute atomic E-state index is 0.272. The number of carboxylic acid groups (broad SMARTS) is 1. The van der Waals surface area contributed by atoms with Gasteiger partial charge in [0.15, 0.2) is 0 Å². The van der Waals surface area contributed by atoms with Gasteiger partial charge in [-0.2, -0.15) is 0 Å². The molecule has 0 bridgehead atoms. The standard InChI is InChI=1S/C23H40O2/c1-20(2)14-12-16-22(4)18-13-17-21(3)15-10-8-6-5-7-9-11-19-23(24)25/h5,7,10,12,14-15,20-22H,6,8-9,11,13,16-19H2,1-4H3,(H,24,25)/b7-5-,14-12-,15-10-. The highest BCUT2D eigenvalue weighted by Crippen LogP contribution is 2.17. The minimum atomic E-state index is -0.702. The van der Waals surface area contributed by atoms with Crippen molar-refractivity contribution in [1.82, 2.24) is 0 Å². The second kappa shape index (κ2) is 16.2.